The van der Waals surface area contributed by atoms with Crippen LogP contribution in [0.1, 0.15) is 62.6 Å². The van der Waals surface area contributed by atoms with Gasteiger partial charge in [-0.15, -0.1) is 0 Å². The molecule has 1 aliphatic rings. The topological polar surface area (TPSA) is 124 Å². The summed E-state index contributed by atoms with van der Waals surface area (Å²) in [4.78, 5) is 4.44. The van der Waals surface area contributed by atoms with Crippen LogP contribution in [0, 0.1) is 17.5 Å². The van der Waals surface area contributed by atoms with E-state index in [2.05, 4.69) is 10.3 Å². The third-order valence-corrected chi connectivity index (χ3v) is 9.28. The highest BCUT2D eigenvalue weighted by Crippen LogP contribution is 2.42. The Bertz CT molecular complexity index is 1750. The fourth-order valence-electron chi connectivity index (χ4n) is 5.88. The molecule has 4 N–H and O–H groups in total. The summed E-state index contributed by atoms with van der Waals surface area (Å²) in [6.07, 6.45) is 5.52. The molecular weight excluding hydrogens is 593 g/mol. The minimum atomic E-state index is -4.26. The van der Waals surface area contributed by atoms with E-state index in [9.17, 15) is 12.8 Å². The van der Waals surface area contributed by atoms with Crippen LogP contribution in [0.5, 0.6) is 0 Å². The quantitative estimate of drug-likeness (QED) is 0.177. The van der Waals surface area contributed by atoms with E-state index in [1.54, 1.807) is 18.0 Å². The van der Waals surface area contributed by atoms with Crippen LogP contribution >= 0.6 is 0 Å². The molecule has 1 saturated carbocycles. The monoisotopic (exact) mass is 630 g/mol. The first kappa shape index (κ1) is 31.7. The number of ether oxygens (including phenoxy) is 1. The molecule has 9 nitrogen and oxygen atoms in total. The minimum absolute atomic E-state index is 0.0992. The van der Waals surface area contributed by atoms with E-state index >= 15 is 8.78 Å². The molecule has 0 spiro atoms. The normalized spacial score (nSPS) is 17.4. The van der Waals surface area contributed by atoms with Crippen LogP contribution < -0.4 is 15.8 Å². The van der Waals surface area contributed by atoms with Crippen LogP contribution in [0.3, 0.4) is 0 Å². The highest BCUT2D eigenvalue weighted by molar-refractivity contribution is 7.91. The number of halogens is 3. The lowest BCUT2D eigenvalue weighted by Gasteiger charge is -2.30. The minimum Gasteiger partial charge on any atom is -0.383 e. The van der Waals surface area contributed by atoms with Gasteiger partial charge in [-0.2, -0.15) is 5.10 Å². The molecule has 2 aromatic carbocycles. The Kier molecular flexibility index (Phi) is 9.47. The van der Waals surface area contributed by atoms with E-state index in [0.717, 1.165) is 61.5 Å². The van der Waals surface area contributed by atoms with Gasteiger partial charge in [0.05, 0.1) is 29.0 Å². The summed E-state index contributed by atoms with van der Waals surface area (Å²) in [5, 5.41) is 8.64. The van der Waals surface area contributed by atoms with Crippen LogP contribution in [0.4, 0.5) is 24.7 Å². The predicted molar refractivity (Wildman–Crippen MR) is 165 cm³/mol. The van der Waals surface area contributed by atoms with Gasteiger partial charge >= 0.3 is 0 Å². The van der Waals surface area contributed by atoms with Crippen molar-refractivity contribution in [3.8, 4) is 11.3 Å². The number of anilines is 2. The lowest BCUT2D eigenvalue weighted by Crippen LogP contribution is -2.34. The molecule has 4 aromatic rings. The number of hydrogen-bond acceptors (Lipinski definition) is 7. The first-order valence-corrected chi connectivity index (χ1v) is 16.3. The number of rotatable bonds is 11. The van der Waals surface area contributed by atoms with Crippen molar-refractivity contribution in [1.29, 1.82) is 0 Å². The van der Waals surface area contributed by atoms with Crippen LogP contribution in [-0.2, 0) is 20.5 Å². The Labute approximate surface area is 255 Å². The van der Waals surface area contributed by atoms with Gasteiger partial charge in [0.2, 0.25) is 10.0 Å². The van der Waals surface area contributed by atoms with Crippen molar-refractivity contribution in [2.45, 2.75) is 63.3 Å². The van der Waals surface area contributed by atoms with Crippen molar-refractivity contribution in [2.24, 2.45) is 0 Å². The van der Waals surface area contributed by atoms with Gasteiger partial charge in [0.1, 0.15) is 29.0 Å². The van der Waals surface area contributed by atoms with Gasteiger partial charge in [-0.25, -0.2) is 26.6 Å². The standard InChI is InChI=1S/C31H37F3N6O3S/c1-18(2)40-30-23(19-8-10-21(11-9-19)36-12-13-43-3)16-37-31(35)28(30)29(38-40)22-14-26(34)27(15-25(22)33)39-44(41,42)17-20-6-4-5-7-24(20)32/h4-7,14-16,18-19,21,36,39H,8-13,17H2,1-3H3,(H2,35,37)/t19-,21-. The van der Waals surface area contributed by atoms with Gasteiger partial charge in [0.25, 0.3) is 0 Å². The van der Waals surface area contributed by atoms with Gasteiger partial charge in [-0.05, 0) is 63.1 Å². The van der Waals surface area contributed by atoms with Crippen molar-refractivity contribution in [3.05, 3.63) is 71.2 Å². The highest BCUT2D eigenvalue weighted by Gasteiger charge is 2.29. The van der Waals surface area contributed by atoms with Gasteiger partial charge in [0, 0.05) is 49.1 Å². The summed E-state index contributed by atoms with van der Waals surface area (Å²) in [5.74, 6) is -3.08. The molecular formula is C31H37F3N6O3S. The van der Waals surface area contributed by atoms with E-state index in [1.165, 1.54) is 18.2 Å². The second kappa shape index (κ2) is 13.1. The zero-order valence-corrected chi connectivity index (χ0v) is 25.7. The van der Waals surface area contributed by atoms with E-state index < -0.39 is 38.9 Å². The van der Waals surface area contributed by atoms with Crippen LogP contribution in [0.15, 0.2) is 42.6 Å². The number of nitrogen functional groups attached to an aromatic ring is 1. The average molecular weight is 631 g/mol. The van der Waals surface area contributed by atoms with Gasteiger partial charge < -0.3 is 15.8 Å². The smallest absolute Gasteiger partial charge is 0.237 e. The molecule has 0 unspecified atom stereocenters. The Hall–Kier alpha value is -3.68. The molecule has 2 aromatic heterocycles. The molecule has 0 bridgehead atoms. The first-order valence-electron chi connectivity index (χ1n) is 14.6. The lowest BCUT2D eigenvalue weighted by atomic mass is 9.81. The van der Waals surface area contributed by atoms with Crippen LogP contribution in [0.25, 0.3) is 22.2 Å². The van der Waals surface area contributed by atoms with E-state index in [-0.39, 0.29) is 34.6 Å². The van der Waals surface area contributed by atoms with Gasteiger partial charge in [0.15, 0.2) is 0 Å². The molecule has 5 rings (SSSR count). The van der Waals surface area contributed by atoms with Crippen molar-refractivity contribution in [1.82, 2.24) is 20.1 Å². The predicted octanol–water partition coefficient (Wildman–Crippen LogP) is 5.88. The number of aromatic nitrogens is 3. The fraction of sp³-hybridized carbons (Fsp3) is 0.419. The largest absolute Gasteiger partial charge is 0.383 e. The molecule has 44 heavy (non-hydrogen) atoms. The number of methoxy groups -OCH3 is 1. The number of pyridine rings is 1. The maximum atomic E-state index is 15.7. The van der Waals surface area contributed by atoms with Gasteiger partial charge in [-0.3, -0.25) is 9.40 Å². The number of benzene rings is 2. The summed E-state index contributed by atoms with van der Waals surface area (Å²) in [7, 11) is -2.58. The Balaban J connectivity index is 1.48. The Morgan fingerprint density at radius 3 is 2.48 bits per heavy atom. The summed E-state index contributed by atoms with van der Waals surface area (Å²) in [5.41, 5.74) is 7.28. The first-order chi connectivity index (χ1) is 21.0. The number of sulfonamides is 1. The summed E-state index contributed by atoms with van der Waals surface area (Å²) in [6.45, 7) is 5.32. The SMILES string of the molecule is COCCN[C@H]1CC[C@H](c2cnc(N)c3c(-c4cc(F)c(NS(=O)(=O)Cc5ccccc5F)cc4F)nn(C(C)C)c32)CC1. The third kappa shape index (κ3) is 6.69. The molecule has 236 valence electrons. The number of fused-ring (bicyclic) bond motifs is 1. The van der Waals surface area contributed by atoms with Crippen molar-refractivity contribution in [2.75, 3.05) is 30.7 Å². The Morgan fingerprint density at radius 1 is 1.07 bits per heavy atom. The molecule has 1 aliphatic carbocycles. The molecule has 13 heteroatoms. The van der Waals surface area contributed by atoms with Crippen molar-refractivity contribution in [3.63, 3.8) is 0 Å². The molecule has 0 saturated heterocycles. The van der Waals surface area contributed by atoms with Crippen LogP contribution in [-0.4, -0.2) is 49.5 Å². The average Bonchev–Trinajstić information content (AvgIpc) is 3.38. The third-order valence-electron chi connectivity index (χ3n) is 8.06. The van der Waals surface area contributed by atoms with E-state index in [4.69, 9.17) is 15.6 Å². The molecule has 0 radical (unpaired) electrons. The Morgan fingerprint density at radius 2 is 1.80 bits per heavy atom. The number of hydrogen-bond donors (Lipinski definition) is 3. The van der Waals surface area contributed by atoms with E-state index in [1.807, 2.05) is 18.6 Å². The zero-order chi connectivity index (χ0) is 31.6. The molecule has 0 aliphatic heterocycles. The van der Waals surface area contributed by atoms with Crippen molar-refractivity contribution >= 4 is 32.4 Å². The maximum absolute atomic E-state index is 15.7. The van der Waals surface area contributed by atoms with E-state index in [0.29, 0.717) is 18.0 Å². The molecule has 0 amide bonds. The number of nitrogens with two attached hydrogens (primary N) is 1. The number of nitrogens with zero attached hydrogens (tertiary/aromatic N) is 3. The summed E-state index contributed by atoms with van der Waals surface area (Å²) < 4.78 is 79.4. The summed E-state index contributed by atoms with van der Waals surface area (Å²) >= 11 is 0. The van der Waals surface area contributed by atoms with Gasteiger partial charge in [-0.1, -0.05) is 18.2 Å². The molecule has 2 heterocycles. The van der Waals surface area contributed by atoms with Crippen LogP contribution in [0.2, 0.25) is 0 Å². The second-order valence-corrected chi connectivity index (χ2v) is 13.2. The fourth-order valence-corrected chi connectivity index (χ4v) is 7.09. The zero-order valence-electron chi connectivity index (χ0n) is 24.9. The lowest BCUT2D eigenvalue weighted by molar-refractivity contribution is 0.191. The highest BCUT2D eigenvalue weighted by atomic mass is 32.2. The summed E-state index contributed by atoms with van der Waals surface area (Å²) in [6, 6.07) is 7.27. The number of nitrogens with one attached hydrogen (secondary N) is 2. The van der Waals surface area contributed by atoms with Crippen molar-refractivity contribution < 1.29 is 26.3 Å². The maximum Gasteiger partial charge on any atom is 0.237 e. The molecule has 1 fully saturated rings. The second-order valence-electron chi connectivity index (χ2n) is 11.5. The molecule has 0 atom stereocenters.